The highest BCUT2D eigenvalue weighted by atomic mass is 16.5. The minimum absolute atomic E-state index is 0.309. The Hall–Kier alpha value is -3.20. The van der Waals surface area contributed by atoms with Crippen molar-refractivity contribution in [3.05, 3.63) is 53.8 Å². The third kappa shape index (κ3) is 3.56. The Morgan fingerprint density at radius 3 is 2.57 bits per heavy atom. The third-order valence-electron chi connectivity index (χ3n) is 5.11. The zero-order valence-corrected chi connectivity index (χ0v) is 16.8. The molecule has 4 aromatic rings. The molecule has 8 nitrogen and oxygen atoms in total. The summed E-state index contributed by atoms with van der Waals surface area (Å²) in [6.07, 6.45) is 0. The van der Waals surface area contributed by atoms with Crippen molar-refractivity contribution >= 4 is 16.7 Å². The van der Waals surface area contributed by atoms with E-state index >= 15 is 0 Å². The second-order valence-electron chi connectivity index (χ2n) is 7.32. The number of fused-ring (bicyclic) bond motifs is 1. The predicted molar refractivity (Wildman–Crippen MR) is 114 cm³/mol. The van der Waals surface area contributed by atoms with Crippen LogP contribution in [0, 0.1) is 6.92 Å². The molecule has 0 unspecified atom stereocenters. The first kappa shape index (κ1) is 20.1. The molecule has 0 saturated heterocycles. The molecule has 156 valence electrons. The number of aryl methyl sites for hydroxylation is 1. The van der Waals surface area contributed by atoms with E-state index in [1.807, 2.05) is 44.2 Å². The Morgan fingerprint density at radius 1 is 1.07 bits per heavy atom. The first-order valence-electron chi connectivity index (χ1n) is 9.71. The summed E-state index contributed by atoms with van der Waals surface area (Å²) in [6, 6.07) is 13.1. The van der Waals surface area contributed by atoms with Crippen molar-refractivity contribution in [3.8, 4) is 22.8 Å². The van der Waals surface area contributed by atoms with Gasteiger partial charge in [0.15, 0.2) is 0 Å². The Morgan fingerprint density at radius 2 is 1.83 bits per heavy atom. The zero-order chi connectivity index (χ0) is 21.3. The molecule has 0 atom stereocenters. The maximum Gasteiger partial charge on any atom is 0.258 e. The summed E-state index contributed by atoms with van der Waals surface area (Å²) in [5.74, 6) is 1.19. The van der Waals surface area contributed by atoms with E-state index in [-0.39, 0.29) is 0 Å². The lowest BCUT2D eigenvalue weighted by Gasteiger charge is -2.21. The summed E-state index contributed by atoms with van der Waals surface area (Å²) >= 11 is 0. The van der Waals surface area contributed by atoms with Gasteiger partial charge in [0.25, 0.3) is 5.89 Å². The van der Waals surface area contributed by atoms with Crippen molar-refractivity contribution in [1.82, 2.24) is 10.1 Å². The van der Waals surface area contributed by atoms with Crippen LogP contribution < -0.4 is 11.1 Å². The number of nitrogens with two attached hydrogens (primary N) is 1. The fourth-order valence-corrected chi connectivity index (χ4v) is 3.23. The molecule has 5 N–H and O–H groups in total. The summed E-state index contributed by atoms with van der Waals surface area (Å²) in [4.78, 5) is 4.54. The SMILES string of the molecule is CCNc1cc(-c2nc(-c3ccc4oc(C(N)(CO)CO)cc4c3)no2)ccc1C. The number of aliphatic hydroxyl groups is 2. The summed E-state index contributed by atoms with van der Waals surface area (Å²) in [5.41, 5.74) is 9.00. The first-order chi connectivity index (χ1) is 14.5. The van der Waals surface area contributed by atoms with Gasteiger partial charge in [-0.15, -0.1) is 0 Å². The van der Waals surface area contributed by atoms with Gasteiger partial charge in [-0.2, -0.15) is 4.98 Å². The van der Waals surface area contributed by atoms with Crippen molar-refractivity contribution < 1.29 is 19.2 Å². The molecular weight excluding hydrogens is 384 g/mol. The second kappa shape index (κ2) is 7.91. The van der Waals surface area contributed by atoms with E-state index in [9.17, 15) is 10.2 Å². The van der Waals surface area contributed by atoms with Crippen molar-refractivity contribution in [2.75, 3.05) is 25.1 Å². The molecule has 30 heavy (non-hydrogen) atoms. The van der Waals surface area contributed by atoms with E-state index in [1.54, 1.807) is 12.1 Å². The zero-order valence-electron chi connectivity index (χ0n) is 16.8. The van der Waals surface area contributed by atoms with Crippen molar-refractivity contribution in [1.29, 1.82) is 0 Å². The van der Waals surface area contributed by atoms with E-state index in [1.165, 1.54) is 0 Å². The highest BCUT2D eigenvalue weighted by molar-refractivity contribution is 5.83. The third-order valence-corrected chi connectivity index (χ3v) is 5.11. The van der Waals surface area contributed by atoms with Gasteiger partial charge in [-0.25, -0.2) is 0 Å². The molecule has 0 radical (unpaired) electrons. The van der Waals surface area contributed by atoms with Gasteiger partial charge in [-0.3, -0.25) is 0 Å². The lowest BCUT2D eigenvalue weighted by Crippen LogP contribution is -2.43. The van der Waals surface area contributed by atoms with Crippen LogP contribution in [0.5, 0.6) is 0 Å². The largest absolute Gasteiger partial charge is 0.459 e. The van der Waals surface area contributed by atoms with Crippen LogP contribution in [0.15, 0.2) is 51.4 Å². The Balaban J connectivity index is 1.67. The second-order valence-corrected chi connectivity index (χ2v) is 7.32. The lowest BCUT2D eigenvalue weighted by molar-refractivity contribution is 0.105. The predicted octanol–water partition coefficient (Wildman–Crippen LogP) is 3.03. The van der Waals surface area contributed by atoms with Crippen LogP contribution >= 0.6 is 0 Å². The van der Waals surface area contributed by atoms with Gasteiger partial charge < -0.3 is 30.2 Å². The minimum atomic E-state index is -1.34. The van der Waals surface area contributed by atoms with Crippen molar-refractivity contribution in [2.24, 2.45) is 5.73 Å². The standard InChI is InChI=1S/C22H24N4O4/c1-3-24-17-9-15(5-4-13(17)2)21-25-20(26-30-21)14-6-7-18-16(8-14)10-19(29-18)22(23,11-27)12-28/h4-10,24,27-28H,3,11-12,23H2,1-2H3. The fraction of sp³-hybridized carbons (Fsp3) is 0.273. The van der Waals surface area contributed by atoms with Crippen molar-refractivity contribution in [3.63, 3.8) is 0 Å². The van der Waals surface area contributed by atoms with Gasteiger partial charge in [0.1, 0.15) is 16.9 Å². The molecule has 2 aromatic heterocycles. The van der Waals surface area contributed by atoms with E-state index in [0.717, 1.165) is 34.3 Å². The smallest absolute Gasteiger partial charge is 0.258 e. The van der Waals surface area contributed by atoms with E-state index in [4.69, 9.17) is 14.7 Å². The molecule has 2 aromatic carbocycles. The summed E-state index contributed by atoms with van der Waals surface area (Å²) in [6.45, 7) is 4.04. The van der Waals surface area contributed by atoms with Gasteiger partial charge in [0, 0.05) is 28.7 Å². The van der Waals surface area contributed by atoms with Gasteiger partial charge in [-0.05, 0) is 55.8 Å². The molecule has 0 amide bonds. The molecule has 2 heterocycles. The van der Waals surface area contributed by atoms with Gasteiger partial charge in [0.2, 0.25) is 5.82 Å². The van der Waals surface area contributed by atoms with E-state index < -0.39 is 18.8 Å². The van der Waals surface area contributed by atoms with Gasteiger partial charge >= 0.3 is 0 Å². The maximum absolute atomic E-state index is 9.50. The fourth-order valence-electron chi connectivity index (χ4n) is 3.23. The summed E-state index contributed by atoms with van der Waals surface area (Å²) in [5, 5.41) is 27.2. The molecule has 0 aliphatic heterocycles. The average Bonchev–Trinajstić information content (AvgIpc) is 3.42. The van der Waals surface area contributed by atoms with Gasteiger partial charge in [0.05, 0.1) is 13.2 Å². The number of aliphatic hydroxyl groups excluding tert-OH is 2. The molecule has 4 rings (SSSR count). The number of hydrogen-bond donors (Lipinski definition) is 4. The van der Waals surface area contributed by atoms with Crippen LogP contribution in [0.3, 0.4) is 0 Å². The monoisotopic (exact) mass is 408 g/mol. The number of benzene rings is 2. The summed E-state index contributed by atoms with van der Waals surface area (Å²) < 4.78 is 11.2. The van der Waals surface area contributed by atoms with Gasteiger partial charge in [-0.1, -0.05) is 11.2 Å². The minimum Gasteiger partial charge on any atom is -0.459 e. The lowest BCUT2D eigenvalue weighted by atomic mass is 10.00. The molecule has 0 spiro atoms. The van der Waals surface area contributed by atoms with Crippen LogP contribution in [-0.2, 0) is 5.54 Å². The van der Waals surface area contributed by atoms with Crippen LogP contribution in [0.1, 0.15) is 18.2 Å². The van der Waals surface area contributed by atoms with Crippen LogP contribution in [0.4, 0.5) is 5.69 Å². The molecule has 8 heteroatoms. The molecule has 0 bridgehead atoms. The number of furan rings is 1. The topological polar surface area (TPSA) is 131 Å². The summed E-state index contributed by atoms with van der Waals surface area (Å²) in [7, 11) is 0. The number of anilines is 1. The van der Waals surface area contributed by atoms with E-state index in [0.29, 0.717) is 23.1 Å². The van der Waals surface area contributed by atoms with Crippen LogP contribution in [0.25, 0.3) is 33.8 Å². The Bertz CT molecular complexity index is 1180. The Kier molecular flexibility index (Phi) is 5.29. The highest BCUT2D eigenvalue weighted by Gasteiger charge is 2.30. The number of hydrogen-bond acceptors (Lipinski definition) is 8. The molecule has 0 fully saturated rings. The molecule has 0 aliphatic rings. The number of aromatic nitrogens is 2. The van der Waals surface area contributed by atoms with Crippen LogP contribution in [-0.4, -0.2) is 40.1 Å². The highest BCUT2D eigenvalue weighted by Crippen LogP contribution is 2.31. The normalized spacial score (nSPS) is 11.9. The van der Waals surface area contributed by atoms with E-state index in [2.05, 4.69) is 15.5 Å². The average molecular weight is 408 g/mol. The first-order valence-corrected chi connectivity index (χ1v) is 9.71. The Labute approximate surface area is 173 Å². The molecule has 0 saturated carbocycles. The number of rotatable bonds is 7. The van der Waals surface area contributed by atoms with Crippen LogP contribution in [0.2, 0.25) is 0 Å². The van der Waals surface area contributed by atoms with Crippen molar-refractivity contribution in [2.45, 2.75) is 19.4 Å². The number of nitrogens with zero attached hydrogens (tertiary/aromatic N) is 2. The molecular formula is C22H24N4O4. The molecule has 0 aliphatic carbocycles. The number of nitrogens with one attached hydrogen (secondary N) is 1. The maximum atomic E-state index is 9.50. The quantitative estimate of drug-likeness (QED) is 0.367.